The summed E-state index contributed by atoms with van der Waals surface area (Å²) in [5, 5.41) is 9.35. The quantitative estimate of drug-likeness (QED) is 0.0970. The highest BCUT2D eigenvalue weighted by Gasteiger charge is 2.21. The van der Waals surface area contributed by atoms with E-state index in [2.05, 4.69) is 13.8 Å². The Morgan fingerprint density at radius 2 is 0.897 bits per heavy atom. The standard InChI is InChI=1S/C33H54O6/c1-3-5-7-9-11-13-15-17-19-21-25-38-32(36)29-24-23-28(31(34)35)27-30(29)33(37)39-26-22-20-18-16-14-12-10-8-6-4-2/h23-24,27H,3-22,25-26H2,1-2H3,(H,34,35). The summed E-state index contributed by atoms with van der Waals surface area (Å²) in [6.45, 7) is 4.98. The van der Waals surface area contributed by atoms with Crippen LogP contribution in [0.25, 0.3) is 0 Å². The van der Waals surface area contributed by atoms with Crippen molar-refractivity contribution in [2.45, 2.75) is 142 Å². The van der Waals surface area contributed by atoms with Gasteiger partial charge in [0, 0.05) is 0 Å². The summed E-state index contributed by atoms with van der Waals surface area (Å²) in [4.78, 5) is 36.9. The molecule has 6 heteroatoms. The molecule has 0 spiro atoms. The monoisotopic (exact) mass is 546 g/mol. The Morgan fingerprint density at radius 3 is 1.28 bits per heavy atom. The molecule has 1 aromatic carbocycles. The third kappa shape index (κ3) is 17.0. The second-order valence-corrected chi connectivity index (χ2v) is 10.7. The predicted molar refractivity (Wildman–Crippen MR) is 158 cm³/mol. The molecule has 0 unspecified atom stereocenters. The highest BCUT2D eigenvalue weighted by Crippen LogP contribution is 2.17. The number of ether oxygens (including phenoxy) is 2. The zero-order valence-corrected chi connectivity index (χ0v) is 24.8. The van der Waals surface area contributed by atoms with Gasteiger partial charge in [-0.3, -0.25) is 0 Å². The second kappa shape index (κ2) is 23.5. The number of aromatic carboxylic acids is 1. The Kier molecular flexibility index (Phi) is 20.9. The molecule has 222 valence electrons. The zero-order chi connectivity index (χ0) is 28.6. The average molecular weight is 547 g/mol. The minimum absolute atomic E-state index is 0.0462. The van der Waals surface area contributed by atoms with Gasteiger partial charge in [-0.1, -0.05) is 129 Å². The number of carboxylic acids is 1. The van der Waals surface area contributed by atoms with Crippen LogP contribution in [0.15, 0.2) is 18.2 Å². The number of benzene rings is 1. The number of esters is 2. The van der Waals surface area contributed by atoms with Gasteiger partial charge in [-0.05, 0) is 31.0 Å². The molecule has 0 saturated carbocycles. The minimum Gasteiger partial charge on any atom is -0.478 e. The fourth-order valence-corrected chi connectivity index (χ4v) is 4.69. The highest BCUT2D eigenvalue weighted by atomic mass is 16.5. The molecule has 6 nitrogen and oxygen atoms in total. The summed E-state index contributed by atoms with van der Waals surface area (Å²) in [6.07, 6.45) is 23.6. The van der Waals surface area contributed by atoms with Crippen molar-refractivity contribution in [1.82, 2.24) is 0 Å². The first-order chi connectivity index (χ1) is 19.0. The molecule has 0 aliphatic rings. The molecule has 0 aliphatic carbocycles. The van der Waals surface area contributed by atoms with Crippen LogP contribution in [-0.4, -0.2) is 36.2 Å². The van der Waals surface area contributed by atoms with Crippen LogP contribution in [0.4, 0.5) is 0 Å². The Balaban J connectivity index is 2.37. The van der Waals surface area contributed by atoms with Gasteiger partial charge in [0.05, 0.1) is 29.9 Å². The lowest BCUT2D eigenvalue weighted by molar-refractivity contribution is 0.0450. The molecule has 0 heterocycles. The van der Waals surface area contributed by atoms with Crippen molar-refractivity contribution in [1.29, 1.82) is 0 Å². The lowest BCUT2D eigenvalue weighted by Crippen LogP contribution is -2.16. The number of hydrogen-bond donors (Lipinski definition) is 1. The normalized spacial score (nSPS) is 10.9. The molecule has 1 aromatic rings. The summed E-state index contributed by atoms with van der Waals surface area (Å²) in [5.41, 5.74) is -0.0534. The molecule has 0 aliphatic heterocycles. The van der Waals surface area contributed by atoms with E-state index in [9.17, 15) is 19.5 Å². The number of rotatable bonds is 25. The Morgan fingerprint density at radius 1 is 0.538 bits per heavy atom. The highest BCUT2D eigenvalue weighted by molar-refractivity contribution is 6.05. The molecule has 1 rings (SSSR count). The van der Waals surface area contributed by atoms with E-state index < -0.39 is 17.9 Å². The summed E-state index contributed by atoms with van der Waals surface area (Å²) in [6, 6.07) is 3.88. The smallest absolute Gasteiger partial charge is 0.339 e. The van der Waals surface area contributed by atoms with Gasteiger partial charge < -0.3 is 14.6 Å². The Hall–Kier alpha value is -2.37. The van der Waals surface area contributed by atoms with Crippen LogP contribution in [0.3, 0.4) is 0 Å². The van der Waals surface area contributed by atoms with Gasteiger partial charge in [-0.15, -0.1) is 0 Å². The van der Waals surface area contributed by atoms with Gasteiger partial charge in [0.2, 0.25) is 0 Å². The number of carbonyl (C=O) groups excluding carboxylic acids is 2. The number of carboxylic acid groups (broad SMARTS) is 1. The third-order valence-corrected chi connectivity index (χ3v) is 7.17. The zero-order valence-electron chi connectivity index (χ0n) is 24.8. The van der Waals surface area contributed by atoms with Gasteiger partial charge in [0.1, 0.15) is 0 Å². The van der Waals surface area contributed by atoms with E-state index in [1.54, 1.807) is 0 Å². The van der Waals surface area contributed by atoms with Crippen molar-refractivity contribution < 1.29 is 29.0 Å². The molecular weight excluding hydrogens is 492 g/mol. The average Bonchev–Trinajstić information content (AvgIpc) is 2.94. The molecule has 39 heavy (non-hydrogen) atoms. The van der Waals surface area contributed by atoms with Crippen LogP contribution in [0.2, 0.25) is 0 Å². The topological polar surface area (TPSA) is 89.9 Å². The molecule has 0 radical (unpaired) electrons. The van der Waals surface area contributed by atoms with E-state index in [4.69, 9.17) is 9.47 Å². The van der Waals surface area contributed by atoms with Crippen LogP contribution in [0.5, 0.6) is 0 Å². The van der Waals surface area contributed by atoms with E-state index in [0.29, 0.717) is 0 Å². The van der Waals surface area contributed by atoms with E-state index in [0.717, 1.165) is 38.5 Å². The number of unbranched alkanes of at least 4 members (excludes halogenated alkanes) is 18. The SMILES string of the molecule is CCCCCCCCCCCCOC(=O)c1ccc(C(=O)O)cc1C(=O)OCCCCCCCCCCCC. The molecule has 0 amide bonds. The molecular formula is C33H54O6. The Labute approximate surface area is 237 Å². The van der Waals surface area contributed by atoms with Gasteiger partial charge in [0.15, 0.2) is 0 Å². The fourth-order valence-electron chi connectivity index (χ4n) is 4.69. The number of carbonyl (C=O) groups is 3. The van der Waals surface area contributed by atoms with Crippen LogP contribution in [-0.2, 0) is 9.47 Å². The van der Waals surface area contributed by atoms with E-state index in [-0.39, 0.29) is 29.9 Å². The largest absolute Gasteiger partial charge is 0.478 e. The summed E-state index contributed by atoms with van der Waals surface area (Å²) in [5.74, 6) is -2.46. The van der Waals surface area contributed by atoms with Crippen molar-refractivity contribution in [2.75, 3.05) is 13.2 Å². The van der Waals surface area contributed by atoms with Gasteiger partial charge in [-0.25, -0.2) is 14.4 Å². The van der Waals surface area contributed by atoms with Crippen molar-refractivity contribution in [3.63, 3.8) is 0 Å². The fraction of sp³-hybridized carbons (Fsp3) is 0.727. The third-order valence-electron chi connectivity index (χ3n) is 7.17. The van der Waals surface area contributed by atoms with Gasteiger partial charge in [-0.2, -0.15) is 0 Å². The lowest BCUT2D eigenvalue weighted by Gasteiger charge is -2.11. The molecule has 0 aromatic heterocycles. The van der Waals surface area contributed by atoms with Crippen molar-refractivity contribution in [3.05, 3.63) is 34.9 Å². The summed E-state index contributed by atoms with van der Waals surface area (Å²) in [7, 11) is 0. The molecule has 0 fully saturated rings. The van der Waals surface area contributed by atoms with Crippen LogP contribution >= 0.6 is 0 Å². The van der Waals surface area contributed by atoms with Gasteiger partial charge >= 0.3 is 17.9 Å². The maximum Gasteiger partial charge on any atom is 0.339 e. The van der Waals surface area contributed by atoms with E-state index >= 15 is 0 Å². The maximum absolute atomic E-state index is 12.7. The molecule has 0 saturated heterocycles. The first-order valence-electron chi connectivity index (χ1n) is 15.7. The first-order valence-corrected chi connectivity index (χ1v) is 15.7. The van der Waals surface area contributed by atoms with E-state index in [1.165, 1.54) is 108 Å². The van der Waals surface area contributed by atoms with Crippen LogP contribution in [0.1, 0.15) is 173 Å². The summed E-state index contributed by atoms with van der Waals surface area (Å²) >= 11 is 0. The first kappa shape index (κ1) is 34.7. The van der Waals surface area contributed by atoms with Crippen molar-refractivity contribution >= 4 is 17.9 Å². The lowest BCUT2D eigenvalue weighted by atomic mass is 10.0. The van der Waals surface area contributed by atoms with Crippen molar-refractivity contribution in [3.8, 4) is 0 Å². The second-order valence-electron chi connectivity index (χ2n) is 10.7. The Bertz CT molecular complexity index is 803. The maximum atomic E-state index is 12.7. The van der Waals surface area contributed by atoms with Crippen molar-refractivity contribution in [2.24, 2.45) is 0 Å². The van der Waals surface area contributed by atoms with Gasteiger partial charge in [0.25, 0.3) is 0 Å². The minimum atomic E-state index is -1.16. The summed E-state index contributed by atoms with van der Waals surface area (Å²) < 4.78 is 10.8. The molecule has 0 atom stereocenters. The molecule has 0 bridgehead atoms. The number of hydrogen-bond acceptors (Lipinski definition) is 5. The van der Waals surface area contributed by atoms with Crippen LogP contribution in [0, 0.1) is 0 Å². The van der Waals surface area contributed by atoms with E-state index in [1.807, 2.05) is 0 Å². The van der Waals surface area contributed by atoms with Crippen LogP contribution < -0.4 is 0 Å². The molecule has 1 N–H and O–H groups in total. The predicted octanol–water partition coefficient (Wildman–Crippen LogP) is 9.54.